The molecule has 0 aliphatic heterocycles. The van der Waals surface area contributed by atoms with Crippen molar-refractivity contribution in [1.29, 1.82) is 0 Å². The summed E-state index contributed by atoms with van der Waals surface area (Å²) < 4.78 is 5.99. The number of benzene rings is 2. The molecular weight excluding hydrogens is 461 g/mol. The predicted octanol–water partition coefficient (Wildman–Crippen LogP) is 5.64. The van der Waals surface area contributed by atoms with Gasteiger partial charge in [-0.3, -0.25) is 9.59 Å². The molecule has 1 heterocycles. The van der Waals surface area contributed by atoms with Gasteiger partial charge in [0.15, 0.2) is 5.76 Å². The van der Waals surface area contributed by atoms with Crippen LogP contribution in [0.15, 0.2) is 58.0 Å². The molecule has 0 saturated heterocycles. The molecule has 4 rings (SSSR count). The Labute approximate surface area is 202 Å². The van der Waals surface area contributed by atoms with E-state index in [9.17, 15) is 9.59 Å². The summed E-state index contributed by atoms with van der Waals surface area (Å²) in [6, 6.07) is 14.4. The van der Waals surface area contributed by atoms with Crippen molar-refractivity contribution >= 4 is 40.7 Å². The van der Waals surface area contributed by atoms with Crippen LogP contribution in [0.2, 0.25) is 10.0 Å². The molecule has 1 N–H and O–H groups in total. The molecule has 2 amide bonds. The van der Waals surface area contributed by atoms with Gasteiger partial charge in [0.1, 0.15) is 5.76 Å². The molecule has 0 saturated carbocycles. The first-order valence-corrected chi connectivity index (χ1v) is 11.3. The summed E-state index contributed by atoms with van der Waals surface area (Å²) in [4.78, 5) is 27.3. The van der Waals surface area contributed by atoms with Crippen molar-refractivity contribution in [3.63, 3.8) is 0 Å². The quantitative estimate of drug-likeness (QED) is 0.477. The molecule has 0 bridgehead atoms. The van der Waals surface area contributed by atoms with Crippen LogP contribution in [0.4, 0.5) is 0 Å². The largest absolute Gasteiger partial charge is 0.455 e. The first-order chi connectivity index (χ1) is 15.8. The molecule has 33 heavy (non-hydrogen) atoms. The average molecular weight is 484 g/mol. The molecule has 0 radical (unpaired) electrons. The Morgan fingerprint density at radius 1 is 1.12 bits per heavy atom. The number of halogens is 2. The van der Waals surface area contributed by atoms with Crippen LogP contribution >= 0.6 is 23.2 Å². The van der Waals surface area contributed by atoms with Gasteiger partial charge in [0.2, 0.25) is 0 Å². The number of aryl methyl sites for hydroxylation is 1. The van der Waals surface area contributed by atoms with Crippen LogP contribution in [0.5, 0.6) is 0 Å². The number of carbonyl (C=O) groups excluding carboxylic acids is 2. The highest BCUT2D eigenvalue weighted by atomic mass is 35.5. The molecule has 6 nitrogen and oxygen atoms in total. The van der Waals surface area contributed by atoms with Crippen LogP contribution in [0, 0.1) is 6.92 Å². The van der Waals surface area contributed by atoms with Crippen molar-refractivity contribution in [2.24, 2.45) is 5.10 Å². The molecule has 3 aromatic rings. The van der Waals surface area contributed by atoms with Gasteiger partial charge in [-0.15, -0.1) is 0 Å². The first kappa shape index (κ1) is 23.1. The van der Waals surface area contributed by atoms with Gasteiger partial charge in [-0.05, 0) is 43.5 Å². The highest BCUT2D eigenvalue weighted by molar-refractivity contribution is 6.36. The van der Waals surface area contributed by atoms with E-state index in [2.05, 4.69) is 10.5 Å². The number of nitrogens with one attached hydrogen (secondary N) is 1. The van der Waals surface area contributed by atoms with E-state index in [0.717, 1.165) is 23.1 Å². The van der Waals surface area contributed by atoms with Crippen molar-refractivity contribution in [3.05, 3.63) is 92.4 Å². The van der Waals surface area contributed by atoms with Gasteiger partial charge >= 0.3 is 0 Å². The predicted molar refractivity (Wildman–Crippen MR) is 129 cm³/mol. The topological polar surface area (TPSA) is 74.9 Å². The zero-order chi connectivity index (χ0) is 23.5. The molecule has 170 valence electrons. The van der Waals surface area contributed by atoms with Crippen molar-refractivity contribution in [1.82, 2.24) is 10.3 Å². The molecule has 1 aliphatic carbocycles. The molecular formula is C25H23Cl2N3O3. The maximum atomic E-state index is 13.1. The van der Waals surface area contributed by atoms with Crippen molar-refractivity contribution < 1.29 is 14.0 Å². The minimum Gasteiger partial charge on any atom is -0.455 e. The van der Waals surface area contributed by atoms with E-state index in [4.69, 9.17) is 27.6 Å². The Morgan fingerprint density at radius 2 is 1.88 bits per heavy atom. The van der Waals surface area contributed by atoms with Gasteiger partial charge in [0.05, 0.1) is 16.3 Å². The van der Waals surface area contributed by atoms with Gasteiger partial charge in [0, 0.05) is 36.2 Å². The van der Waals surface area contributed by atoms with E-state index < -0.39 is 5.91 Å². The lowest BCUT2D eigenvalue weighted by molar-refractivity contribution is 0.0750. The van der Waals surface area contributed by atoms with Crippen LogP contribution < -0.4 is 5.43 Å². The molecule has 0 unspecified atom stereocenters. The van der Waals surface area contributed by atoms with Gasteiger partial charge in [-0.25, -0.2) is 5.43 Å². The summed E-state index contributed by atoms with van der Waals surface area (Å²) in [5.41, 5.74) is 6.09. The molecule has 8 heteroatoms. The van der Waals surface area contributed by atoms with Crippen LogP contribution in [0.1, 0.15) is 56.2 Å². The van der Waals surface area contributed by atoms with E-state index in [-0.39, 0.29) is 16.5 Å². The number of hydrogen-bond donors (Lipinski definition) is 1. The summed E-state index contributed by atoms with van der Waals surface area (Å²) >= 11 is 12.0. The zero-order valence-electron chi connectivity index (χ0n) is 18.3. The Kier molecular flexibility index (Phi) is 6.86. The zero-order valence-corrected chi connectivity index (χ0v) is 19.8. The van der Waals surface area contributed by atoms with Gasteiger partial charge < -0.3 is 9.32 Å². The Bertz CT molecular complexity index is 1240. The number of furan rings is 1. The van der Waals surface area contributed by atoms with Crippen LogP contribution in [0.25, 0.3) is 0 Å². The number of amides is 2. The Hall–Kier alpha value is -3.09. The standard InChI is InChI=1S/C25H23Cl2N3O3/c1-15-22-20(28-29-24(31)18-12-11-17(26)13-19(18)27)9-6-10-21(22)33-23(15)25(32)30(2)14-16-7-4-3-5-8-16/h3-5,7-8,11-13H,6,9-10,14H2,1-2H3,(H,29,31)/b28-20+. The van der Waals surface area contributed by atoms with Crippen molar-refractivity contribution in [3.8, 4) is 0 Å². The van der Waals surface area contributed by atoms with Crippen LogP contribution in [-0.4, -0.2) is 29.5 Å². The highest BCUT2D eigenvalue weighted by Gasteiger charge is 2.29. The third-order valence-corrected chi connectivity index (χ3v) is 6.15. The van der Waals surface area contributed by atoms with E-state index in [0.29, 0.717) is 41.6 Å². The lowest BCUT2D eigenvalue weighted by atomic mass is 9.93. The lowest BCUT2D eigenvalue weighted by Gasteiger charge is -2.16. The Morgan fingerprint density at radius 3 is 2.61 bits per heavy atom. The third-order valence-electron chi connectivity index (χ3n) is 5.60. The minimum absolute atomic E-state index is 0.193. The number of rotatable bonds is 5. The first-order valence-electron chi connectivity index (χ1n) is 10.6. The summed E-state index contributed by atoms with van der Waals surface area (Å²) in [5.74, 6) is 0.395. The van der Waals surface area contributed by atoms with Crippen molar-refractivity contribution in [2.75, 3.05) is 7.05 Å². The highest BCUT2D eigenvalue weighted by Crippen LogP contribution is 2.31. The van der Waals surface area contributed by atoms with Gasteiger partial charge in [-0.1, -0.05) is 53.5 Å². The second-order valence-corrected chi connectivity index (χ2v) is 8.82. The molecule has 2 aromatic carbocycles. The molecule has 1 aromatic heterocycles. The lowest BCUT2D eigenvalue weighted by Crippen LogP contribution is -2.26. The number of hydrogen-bond acceptors (Lipinski definition) is 4. The van der Waals surface area contributed by atoms with Crippen molar-refractivity contribution in [2.45, 2.75) is 32.7 Å². The number of hydrazone groups is 1. The van der Waals surface area contributed by atoms with Gasteiger partial charge in [0.25, 0.3) is 11.8 Å². The molecule has 0 spiro atoms. The van der Waals surface area contributed by atoms with E-state index in [1.807, 2.05) is 37.3 Å². The fraction of sp³-hybridized carbons (Fsp3) is 0.240. The minimum atomic E-state index is -0.434. The Balaban J connectivity index is 1.55. The summed E-state index contributed by atoms with van der Waals surface area (Å²) in [7, 11) is 1.75. The van der Waals surface area contributed by atoms with Crippen LogP contribution in [0.3, 0.4) is 0 Å². The molecule has 0 atom stereocenters. The maximum absolute atomic E-state index is 13.1. The number of fused-ring (bicyclic) bond motifs is 1. The summed E-state index contributed by atoms with van der Waals surface area (Å²) in [5, 5.41) is 5.05. The smallest absolute Gasteiger partial charge is 0.289 e. The van der Waals surface area contributed by atoms with Crippen LogP contribution in [-0.2, 0) is 13.0 Å². The van der Waals surface area contributed by atoms with E-state index in [1.54, 1.807) is 24.1 Å². The second kappa shape index (κ2) is 9.81. The number of carbonyl (C=O) groups is 2. The van der Waals surface area contributed by atoms with E-state index >= 15 is 0 Å². The fourth-order valence-electron chi connectivity index (χ4n) is 3.94. The van der Waals surface area contributed by atoms with Gasteiger partial charge in [-0.2, -0.15) is 5.10 Å². The maximum Gasteiger partial charge on any atom is 0.289 e. The fourth-order valence-corrected chi connectivity index (χ4v) is 4.43. The number of nitrogens with zero attached hydrogens (tertiary/aromatic N) is 2. The second-order valence-electron chi connectivity index (χ2n) is 7.98. The third kappa shape index (κ3) is 4.97. The molecule has 0 fully saturated rings. The normalized spacial score (nSPS) is 14.1. The average Bonchev–Trinajstić information content (AvgIpc) is 3.14. The monoisotopic (exact) mass is 483 g/mol. The van der Waals surface area contributed by atoms with E-state index in [1.165, 1.54) is 6.07 Å². The summed E-state index contributed by atoms with van der Waals surface area (Å²) in [6.07, 6.45) is 2.18. The SMILES string of the molecule is Cc1c(C(=O)N(C)Cc2ccccc2)oc2c1/C(=N/NC(=O)c1ccc(Cl)cc1Cl)CCC2. The summed E-state index contributed by atoms with van der Waals surface area (Å²) in [6.45, 7) is 2.33. The molecule has 1 aliphatic rings.